The van der Waals surface area contributed by atoms with Crippen molar-refractivity contribution >= 4 is 10.0 Å². The fourth-order valence-electron chi connectivity index (χ4n) is 1.40. The van der Waals surface area contributed by atoms with Gasteiger partial charge in [-0.05, 0) is 26.0 Å². The first-order valence-electron chi connectivity index (χ1n) is 5.40. The van der Waals surface area contributed by atoms with E-state index < -0.39 is 15.6 Å². The van der Waals surface area contributed by atoms with E-state index in [-0.39, 0.29) is 18.2 Å². The molecule has 2 rings (SSSR count). The quantitative estimate of drug-likeness (QED) is 0.832. The largest absolute Gasteiger partial charge is 0.454 e. The Bertz CT molecular complexity index is 547. The number of aliphatic hydroxyl groups is 1. The van der Waals surface area contributed by atoms with Crippen LogP contribution in [0.2, 0.25) is 0 Å². The van der Waals surface area contributed by atoms with E-state index in [1.54, 1.807) is 6.07 Å². The molecule has 7 heteroatoms. The van der Waals surface area contributed by atoms with Crippen LogP contribution in [0.5, 0.6) is 11.5 Å². The van der Waals surface area contributed by atoms with E-state index in [9.17, 15) is 13.5 Å². The van der Waals surface area contributed by atoms with Gasteiger partial charge >= 0.3 is 0 Å². The molecular weight excluding hydrogens is 258 g/mol. The van der Waals surface area contributed by atoms with Crippen LogP contribution in [0.3, 0.4) is 0 Å². The van der Waals surface area contributed by atoms with Gasteiger partial charge in [0, 0.05) is 12.6 Å². The second-order valence-corrected chi connectivity index (χ2v) is 6.42. The van der Waals surface area contributed by atoms with E-state index in [1.807, 2.05) is 0 Å². The summed E-state index contributed by atoms with van der Waals surface area (Å²) in [7, 11) is -3.66. The molecule has 0 spiro atoms. The minimum absolute atomic E-state index is 0.0657. The number of rotatable bonds is 4. The van der Waals surface area contributed by atoms with E-state index in [0.29, 0.717) is 11.5 Å². The minimum Gasteiger partial charge on any atom is -0.454 e. The van der Waals surface area contributed by atoms with Gasteiger partial charge in [0.1, 0.15) is 0 Å². The molecule has 0 atom stereocenters. The highest BCUT2D eigenvalue weighted by molar-refractivity contribution is 7.89. The third-order valence-electron chi connectivity index (χ3n) is 2.35. The standard InChI is InChI=1S/C11H15NO5S/c1-11(2,13)6-12-18(14,15)8-3-4-9-10(5-8)17-7-16-9/h3-5,12-13H,6-7H2,1-2H3. The Hall–Kier alpha value is -1.31. The van der Waals surface area contributed by atoms with Crippen molar-refractivity contribution in [2.75, 3.05) is 13.3 Å². The lowest BCUT2D eigenvalue weighted by atomic mass is 10.1. The van der Waals surface area contributed by atoms with Gasteiger partial charge in [-0.1, -0.05) is 0 Å². The molecule has 0 unspecified atom stereocenters. The van der Waals surface area contributed by atoms with Crippen LogP contribution in [-0.2, 0) is 10.0 Å². The maximum absolute atomic E-state index is 12.0. The molecule has 0 fully saturated rings. The van der Waals surface area contributed by atoms with Crippen LogP contribution in [0.25, 0.3) is 0 Å². The lowest BCUT2D eigenvalue weighted by Gasteiger charge is -2.17. The van der Waals surface area contributed by atoms with Gasteiger partial charge < -0.3 is 14.6 Å². The van der Waals surface area contributed by atoms with Gasteiger partial charge in [0.15, 0.2) is 11.5 Å². The molecule has 0 aromatic heterocycles. The molecule has 18 heavy (non-hydrogen) atoms. The smallest absolute Gasteiger partial charge is 0.240 e. The Balaban J connectivity index is 2.20. The number of fused-ring (bicyclic) bond motifs is 1. The van der Waals surface area contributed by atoms with Gasteiger partial charge in [-0.25, -0.2) is 13.1 Å². The van der Waals surface area contributed by atoms with Gasteiger partial charge in [0.25, 0.3) is 0 Å². The molecule has 6 nitrogen and oxygen atoms in total. The third kappa shape index (κ3) is 2.92. The van der Waals surface area contributed by atoms with Crippen molar-refractivity contribution in [3.8, 4) is 11.5 Å². The highest BCUT2D eigenvalue weighted by Gasteiger charge is 2.22. The molecule has 1 aliphatic rings. The lowest BCUT2D eigenvalue weighted by Crippen LogP contribution is -2.38. The second-order valence-electron chi connectivity index (χ2n) is 4.65. The number of sulfonamides is 1. The van der Waals surface area contributed by atoms with Crippen molar-refractivity contribution in [3.05, 3.63) is 18.2 Å². The van der Waals surface area contributed by atoms with Gasteiger partial charge in [0.2, 0.25) is 16.8 Å². The van der Waals surface area contributed by atoms with Crippen molar-refractivity contribution in [2.24, 2.45) is 0 Å². The van der Waals surface area contributed by atoms with E-state index >= 15 is 0 Å². The average molecular weight is 273 g/mol. The van der Waals surface area contributed by atoms with E-state index in [0.717, 1.165) is 0 Å². The molecule has 1 aromatic rings. The molecule has 0 radical (unpaired) electrons. The molecule has 100 valence electrons. The first-order valence-corrected chi connectivity index (χ1v) is 6.88. The van der Waals surface area contributed by atoms with Gasteiger partial charge in [-0.3, -0.25) is 0 Å². The molecular formula is C11H15NO5S. The number of nitrogens with one attached hydrogen (secondary N) is 1. The summed E-state index contributed by atoms with van der Waals surface area (Å²) in [6, 6.07) is 4.37. The van der Waals surface area contributed by atoms with Gasteiger partial charge in [-0.2, -0.15) is 0 Å². The summed E-state index contributed by atoms with van der Waals surface area (Å²) < 4.78 is 36.5. The van der Waals surface area contributed by atoms with Crippen molar-refractivity contribution in [3.63, 3.8) is 0 Å². The Labute approximate surface area is 106 Å². The Morgan fingerprint density at radius 3 is 2.67 bits per heavy atom. The van der Waals surface area contributed by atoms with E-state index in [2.05, 4.69) is 4.72 Å². The predicted octanol–water partition coefficient (Wildman–Crippen LogP) is 0.464. The summed E-state index contributed by atoms with van der Waals surface area (Å²) in [4.78, 5) is 0.0796. The fraction of sp³-hybridized carbons (Fsp3) is 0.455. The molecule has 2 N–H and O–H groups in total. The van der Waals surface area contributed by atoms with E-state index in [1.165, 1.54) is 26.0 Å². The van der Waals surface area contributed by atoms with Crippen molar-refractivity contribution in [2.45, 2.75) is 24.3 Å². The highest BCUT2D eigenvalue weighted by atomic mass is 32.2. The van der Waals surface area contributed by atoms with Crippen LogP contribution < -0.4 is 14.2 Å². The third-order valence-corrected chi connectivity index (χ3v) is 3.75. The van der Waals surface area contributed by atoms with Crippen LogP contribution in [0.1, 0.15) is 13.8 Å². The zero-order chi connectivity index (χ0) is 13.4. The zero-order valence-electron chi connectivity index (χ0n) is 10.1. The highest BCUT2D eigenvalue weighted by Crippen LogP contribution is 2.33. The topological polar surface area (TPSA) is 84.9 Å². The number of hydrogen-bond acceptors (Lipinski definition) is 5. The van der Waals surface area contributed by atoms with E-state index in [4.69, 9.17) is 9.47 Å². The molecule has 1 heterocycles. The second kappa shape index (κ2) is 4.42. The number of benzene rings is 1. The molecule has 0 saturated carbocycles. The average Bonchev–Trinajstić information content (AvgIpc) is 2.72. The number of hydrogen-bond donors (Lipinski definition) is 2. The summed E-state index contributed by atoms with van der Waals surface area (Å²) in [5.41, 5.74) is -1.11. The summed E-state index contributed by atoms with van der Waals surface area (Å²) in [6.45, 7) is 3.07. The van der Waals surface area contributed by atoms with Crippen LogP contribution in [0.4, 0.5) is 0 Å². The first-order chi connectivity index (χ1) is 8.28. The van der Waals surface area contributed by atoms with Crippen molar-refractivity contribution in [1.29, 1.82) is 0 Å². The van der Waals surface area contributed by atoms with Crippen LogP contribution in [0.15, 0.2) is 23.1 Å². The number of ether oxygens (including phenoxy) is 2. The molecule has 1 aromatic carbocycles. The zero-order valence-corrected chi connectivity index (χ0v) is 11.0. The first kappa shape index (κ1) is 13.1. The Morgan fingerprint density at radius 1 is 1.33 bits per heavy atom. The molecule has 0 bridgehead atoms. The maximum atomic E-state index is 12.0. The van der Waals surface area contributed by atoms with Crippen LogP contribution >= 0.6 is 0 Å². The molecule has 0 amide bonds. The summed E-state index contributed by atoms with van der Waals surface area (Å²) in [5.74, 6) is 0.928. The lowest BCUT2D eigenvalue weighted by molar-refractivity contribution is 0.0857. The normalized spacial score (nSPS) is 14.8. The molecule has 1 aliphatic heterocycles. The van der Waals surface area contributed by atoms with Gasteiger partial charge in [0.05, 0.1) is 10.5 Å². The minimum atomic E-state index is -3.66. The monoisotopic (exact) mass is 273 g/mol. The Morgan fingerprint density at radius 2 is 2.00 bits per heavy atom. The van der Waals surface area contributed by atoms with Crippen LogP contribution in [0, 0.1) is 0 Å². The molecule has 0 saturated heterocycles. The van der Waals surface area contributed by atoms with Crippen molar-refractivity contribution in [1.82, 2.24) is 4.72 Å². The Kier molecular flexibility index (Phi) is 3.22. The fourth-order valence-corrected chi connectivity index (χ4v) is 2.62. The predicted molar refractivity (Wildman–Crippen MR) is 64.1 cm³/mol. The molecule has 0 aliphatic carbocycles. The van der Waals surface area contributed by atoms with Crippen molar-refractivity contribution < 1.29 is 23.0 Å². The summed E-state index contributed by atoms with van der Waals surface area (Å²) >= 11 is 0. The maximum Gasteiger partial charge on any atom is 0.240 e. The van der Waals surface area contributed by atoms with Gasteiger partial charge in [-0.15, -0.1) is 0 Å². The summed E-state index contributed by atoms with van der Waals surface area (Å²) in [6.07, 6.45) is 0. The summed E-state index contributed by atoms with van der Waals surface area (Å²) in [5, 5.41) is 9.51. The van der Waals surface area contributed by atoms with Crippen LogP contribution in [-0.4, -0.2) is 32.5 Å². The SMILES string of the molecule is CC(C)(O)CNS(=O)(=O)c1ccc2c(c1)OCO2.